The van der Waals surface area contributed by atoms with Crippen molar-refractivity contribution in [3.8, 4) is 0 Å². The van der Waals surface area contributed by atoms with Crippen LogP contribution in [-0.4, -0.2) is 56.0 Å². The second kappa shape index (κ2) is 7.74. The minimum Gasteiger partial charge on any atom is -0.375 e. The average Bonchev–Trinajstić information content (AvgIpc) is 2.26. The number of carbonyl (C=O) groups is 1. The summed E-state index contributed by atoms with van der Waals surface area (Å²) >= 11 is 0. The van der Waals surface area contributed by atoms with E-state index < -0.39 is 10.0 Å². The lowest BCUT2D eigenvalue weighted by atomic mass is 10.0. The van der Waals surface area contributed by atoms with Crippen molar-refractivity contribution in [2.24, 2.45) is 0 Å². The number of hydrogen-bond acceptors (Lipinski definition) is 2. The van der Waals surface area contributed by atoms with Gasteiger partial charge in [-0.15, -0.1) is 0 Å². The van der Waals surface area contributed by atoms with Gasteiger partial charge in [0.05, 0.1) is 13.4 Å². The summed E-state index contributed by atoms with van der Waals surface area (Å²) in [4.78, 5) is 11.1. The largest absolute Gasteiger partial charge is 0.375 e. The number of carbonyl (C=O) groups excluding carboxylic acids is 1. The van der Waals surface area contributed by atoms with E-state index in [2.05, 4.69) is 51.8 Å². The highest BCUT2D eigenvalue weighted by molar-refractivity contribution is 8.33. The monoisotopic (exact) mass is 301 g/mol. The molecule has 1 N–H and O–H groups in total. The molecular weight excluding hydrogens is 269 g/mol. The molecule has 0 rings (SSSR count). The topological polar surface area (TPSA) is 38.3 Å². The molecule has 0 aromatic carbocycles. The highest BCUT2D eigenvalue weighted by Gasteiger charge is 2.29. The van der Waals surface area contributed by atoms with Gasteiger partial charge in [0.25, 0.3) is 0 Å². The highest BCUT2D eigenvalue weighted by Crippen LogP contribution is 2.51. The molecule has 118 valence electrons. The van der Waals surface area contributed by atoms with Crippen LogP contribution >= 0.6 is 10.0 Å². The van der Waals surface area contributed by atoms with E-state index in [1.165, 1.54) is 0 Å². The molecule has 0 heterocycles. The molecule has 0 unspecified atom stereocenters. The Labute approximate surface area is 128 Å². The summed E-state index contributed by atoms with van der Waals surface area (Å²) in [5, 5.41) is 2.78. The minimum atomic E-state index is -0.603. The molecule has 5 heteroatoms. The van der Waals surface area contributed by atoms with Crippen LogP contribution in [-0.2, 0) is 9.53 Å². The first-order valence-electron chi connectivity index (χ1n) is 7.20. The fraction of sp³-hybridized carbons (Fsp3) is 0.933. The predicted molar refractivity (Wildman–Crippen MR) is 92.3 cm³/mol. The summed E-state index contributed by atoms with van der Waals surface area (Å²) in [6, 6.07) is 0. The van der Waals surface area contributed by atoms with Gasteiger partial charge in [0.2, 0.25) is 5.91 Å². The van der Waals surface area contributed by atoms with E-state index in [9.17, 15) is 4.79 Å². The van der Waals surface area contributed by atoms with Crippen LogP contribution in [0.5, 0.6) is 0 Å². The van der Waals surface area contributed by atoms with Gasteiger partial charge >= 0.3 is 0 Å². The number of amides is 1. The van der Waals surface area contributed by atoms with E-state index in [-0.39, 0.29) is 17.8 Å². The normalized spacial score (nSPS) is 14.2. The summed E-state index contributed by atoms with van der Waals surface area (Å²) in [7, 11) is 4.65. The van der Waals surface area contributed by atoms with Gasteiger partial charge in [0.1, 0.15) is 0 Å². The van der Waals surface area contributed by atoms with E-state index in [4.69, 9.17) is 12.6 Å². The Hall–Kier alpha value is -0.155. The van der Waals surface area contributed by atoms with E-state index in [1.54, 1.807) is 0 Å². The van der Waals surface area contributed by atoms with Gasteiger partial charge in [-0.25, -0.2) is 10.0 Å². The molecule has 2 radical (unpaired) electrons. The first-order valence-corrected chi connectivity index (χ1v) is 10.1. The molecule has 0 atom stereocenters. The summed E-state index contributed by atoms with van der Waals surface area (Å²) in [5.41, 5.74) is -0.217. The summed E-state index contributed by atoms with van der Waals surface area (Å²) < 4.78 is 6.32. The number of rotatable bonds is 9. The molecule has 0 aliphatic heterocycles. The molecule has 0 aliphatic rings. The van der Waals surface area contributed by atoms with Crippen LogP contribution in [0.25, 0.3) is 0 Å². The van der Waals surface area contributed by atoms with E-state index >= 15 is 0 Å². The Morgan fingerprint density at radius 2 is 1.70 bits per heavy atom. The van der Waals surface area contributed by atoms with Crippen molar-refractivity contribution in [3.05, 3.63) is 0 Å². The van der Waals surface area contributed by atoms with Crippen molar-refractivity contribution < 1.29 is 9.53 Å². The molecule has 0 bridgehead atoms. The van der Waals surface area contributed by atoms with Crippen LogP contribution in [0.2, 0.25) is 6.32 Å². The Morgan fingerprint density at radius 3 is 2.15 bits per heavy atom. The van der Waals surface area contributed by atoms with Gasteiger partial charge < -0.3 is 10.1 Å². The smallest absolute Gasteiger partial charge is 0.211 e. The molecule has 0 fully saturated rings. The standard InChI is InChI=1S/C15H32BNO2S/c1-14(2,8-10-17-13(18)12-16)19-11-9-15(3,4)20(5,6)7/h8-12H2,1-7H3,(H,17,18). The third kappa shape index (κ3) is 7.58. The maximum atomic E-state index is 11.1. The Kier molecular flexibility index (Phi) is 7.68. The van der Waals surface area contributed by atoms with E-state index in [1.807, 2.05) is 0 Å². The van der Waals surface area contributed by atoms with Crippen LogP contribution in [0.3, 0.4) is 0 Å². The van der Waals surface area contributed by atoms with Crippen LogP contribution in [0, 0.1) is 0 Å². The highest BCUT2D eigenvalue weighted by atomic mass is 32.3. The SMILES string of the molecule is [B]CC(=O)NCCC(C)(C)OCCC(C)(C)S(C)(C)C. The predicted octanol–water partition coefficient (Wildman–Crippen LogP) is 2.74. The Morgan fingerprint density at radius 1 is 1.15 bits per heavy atom. The van der Waals surface area contributed by atoms with Crippen molar-refractivity contribution in [3.63, 3.8) is 0 Å². The summed E-state index contributed by atoms with van der Waals surface area (Å²) in [5.74, 6) is -0.113. The second-order valence-electron chi connectivity index (χ2n) is 7.26. The van der Waals surface area contributed by atoms with Crippen molar-refractivity contribution in [2.75, 3.05) is 31.9 Å². The van der Waals surface area contributed by atoms with E-state index in [0.29, 0.717) is 11.3 Å². The molecule has 20 heavy (non-hydrogen) atoms. The zero-order valence-electron chi connectivity index (χ0n) is 14.3. The first kappa shape index (κ1) is 19.8. The van der Waals surface area contributed by atoms with Crippen LogP contribution in [0.1, 0.15) is 40.5 Å². The van der Waals surface area contributed by atoms with Gasteiger partial charge in [-0.3, -0.25) is 4.79 Å². The van der Waals surface area contributed by atoms with Crippen molar-refractivity contribution in [1.29, 1.82) is 0 Å². The number of nitrogens with one attached hydrogen (secondary N) is 1. The fourth-order valence-corrected chi connectivity index (χ4v) is 2.22. The maximum absolute atomic E-state index is 11.1. The lowest BCUT2D eigenvalue weighted by molar-refractivity contribution is -0.119. The quantitative estimate of drug-likeness (QED) is 0.665. The van der Waals surface area contributed by atoms with Crippen LogP contribution < -0.4 is 5.32 Å². The molecule has 0 aromatic rings. The third-order valence-electron chi connectivity index (χ3n) is 4.09. The van der Waals surface area contributed by atoms with Gasteiger partial charge in [-0.2, -0.15) is 0 Å². The Bertz CT molecular complexity index is 311. The molecule has 0 spiro atoms. The lowest BCUT2D eigenvalue weighted by Crippen LogP contribution is -2.35. The van der Waals surface area contributed by atoms with Gasteiger partial charge in [-0.1, -0.05) is 13.8 Å². The molecule has 0 aliphatic carbocycles. The second-order valence-corrected chi connectivity index (χ2v) is 12.0. The molecule has 3 nitrogen and oxygen atoms in total. The summed E-state index contributed by atoms with van der Waals surface area (Å²) in [6.45, 7) is 10.1. The summed E-state index contributed by atoms with van der Waals surface area (Å²) in [6.07, 6.45) is 8.94. The molecule has 1 amide bonds. The molecule has 0 aromatic heterocycles. The van der Waals surface area contributed by atoms with Gasteiger partial charge in [-0.05, 0) is 56.5 Å². The van der Waals surface area contributed by atoms with Gasteiger partial charge in [0, 0.05) is 13.2 Å². The van der Waals surface area contributed by atoms with Crippen LogP contribution in [0.15, 0.2) is 0 Å². The molecular formula is C15H32BNO2S. The van der Waals surface area contributed by atoms with Crippen molar-refractivity contribution in [2.45, 2.75) is 57.2 Å². The fourth-order valence-electron chi connectivity index (χ4n) is 1.53. The molecule has 0 saturated carbocycles. The molecule has 0 saturated heterocycles. The Balaban J connectivity index is 4.08. The number of ether oxygens (including phenoxy) is 1. The van der Waals surface area contributed by atoms with Crippen LogP contribution in [0.4, 0.5) is 0 Å². The minimum absolute atomic E-state index is 0.0455. The van der Waals surface area contributed by atoms with Gasteiger partial charge in [0.15, 0.2) is 0 Å². The average molecular weight is 301 g/mol. The zero-order valence-corrected chi connectivity index (χ0v) is 15.2. The first-order chi connectivity index (χ1) is 8.91. The third-order valence-corrected chi connectivity index (χ3v) is 7.61. The lowest BCUT2D eigenvalue weighted by Gasteiger charge is -2.44. The zero-order chi connectivity index (χ0) is 16.0. The van der Waals surface area contributed by atoms with E-state index in [0.717, 1.165) is 19.4 Å². The van der Waals surface area contributed by atoms with Crippen molar-refractivity contribution >= 4 is 23.8 Å². The van der Waals surface area contributed by atoms with Crippen molar-refractivity contribution in [1.82, 2.24) is 5.32 Å². The number of hydrogen-bond donors (Lipinski definition) is 1. The maximum Gasteiger partial charge on any atom is 0.211 e.